The molecule has 4 heteroatoms. The van der Waals surface area contributed by atoms with Gasteiger partial charge in [0, 0.05) is 12.5 Å². The molecule has 0 aliphatic carbocycles. The highest BCUT2D eigenvalue weighted by atomic mass is 16.5. The summed E-state index contributed by atoms with van der Waals surface area (Å²) in [6.07, 6.45) is 4.30. The minimum absolute atomic E-state index is 0.264. The third kappa shape index (κ3) is 7.84. The third-order valence-corrected chi connectivity index (χ3v) is 4.93. The standard InChI is InChI=1S/C14H14O.C11H8O.C5H8O2/c1-2-6-14(15)13-10-5-8-11-7-3-4-9-12(11)13;12-8-10-6-3-5-9-4-1-2-7-11(9)10;1-3-4-7-5(2)6/h2-5,7-10,14-15H,1,6H2;1-8H;3H,1,4H2,2H3. The normalized spacial score (nSPS) is 10.6. The van der Waals surface area contributed by atoms with Gasteiger partial charge in [0.1, 0.15) is 6.61 Å². The van der Waals surface area contributed by atoms with E-state index in [2.05, 4.69) is 30.0 Å². The molecule has 1 atom stereocenters. The molecule has 0 spiro atoms. The highest BCUT2D eigenvalue weighted by Crippen LogP contribution is 2.26. The number of benzene rings is 4. The van der Waals surface area contributed by atoms with Gasteiger partial charge in [0.25, 0.3) is 0 Å². The maximum absolute atomic E-state index is 10.6. The minimum Gasteiger partial charge on any atom is -0.462 e. The fraction of sp³-hybridized carbons (Fsp3) is 0.133. The molecule has 0 saturated carbocycles. The van der Waals surface area contributed by atoms with E-state index < -0.39 is 6.10 Å². The van der Waals surface area contributed by atoms with Crippen molar-refractivity contribution in [1.29, 1.82) is 0 Å². The molecule has 0 amide bonds. The Bertz CT molecular complexity index is 1230. The zero-order chi connectivity index (χ0) is 24.8. The van der Waals surface area contributed by atoms with Gasteiger partial charge in [-0.3, -0.25) is 9.59 Å². The van der Waals surface area contributed by atoms with E-state index >= 15 is 0 Å². The van der Waals surface area contributed by atoms with Gasteiger partial charge >= 0.3 is 5.97 Å². The SMILES string of the molecule is C=CCC(O)c1cccc2ccccc12.C=CCOC(C)=O.O=Cc1cccc2ccccc12. The van der Waals surface area contributed by atoms with Crippen LogP contribution in [0.2, 0.25) is 0 Å². The average Bonchev–Trinajstić information content (AvgIpc) is 2.87. The number of esters is 1. The van der Waals surface area contributed by atoms with Crippen LogP contribution < -0.4 is 0 Å². The molecule has 0 saturated heterocycles. The van der Waals surface area contributed by atoms with Crippen molar-refractivity contribution in [2.75, 3.05) is 6.61 Å². The number of hydrogen-bond acceptors (Lipinski definition) is 4. The molecule has 0 aliphatic heterocycles. The van der Waals surface area contributed by atoms with Gasteiger partial charge < -0.3 is 9.84 Å². The van der Waals surface area contributed by atoms with Crippen LogP contribution in [0.3, 0.4) is 0 Å². The second-order valence-corrected chi connectivity index (χ2v) is 7.39. The Balaban J connectivity index is 0.000000193. The van der Waals surface area contributed by atoms with Crippen LogP contribution >= 0.6 is 0 Å². The van der Waals surface area contributed by atoms with Crippen LogP contribution in [0.4, 0.5) is 0 Å². The molecule has 0 radical (unpaired) electrons. The number of fused-ring (bicyclic) bond motifs is 2. The van der Waals surface area contributed by atoms with Gasteiger partial charge in [0.05, 0.1) is 6.10 Å². The Kier molecular flexibility index (Phi) is 11.0. The van der Waals surface area contributed by atoms with E-state index in [1.54, 1.807) is 6.08 Å². The number of ether oxygens (including phenoxy) is 1. The topological polar surface area (TPSA) is 63.6 Å². The van der Waals surface area contributed by atoms with E-state index in [-0.39, 0.29) is 5.97 Å². The Morgan fingerprint density at radius 3 is 1.97 bits per heavy atom. The number of rotatable bonds is 6. The minimum atomic E-state index is -0.450. The Hall–Kier alpha value is -4.02. The molecule has 4 aromatic rings. The van der Waals surface area contributed by atoms with Crippen LogP contribution in [0.25, 0.3) is 21.5 Å². The van der Waals surface area contributed by atoms with Crippen molar-refractivity contribution < 1.29 is 19.4 Å². The molecule has 1 N–H and O–H groups in total. The number of aliphatic hydroxyl groups is 1. The molecule has 0 bridgehead atoms. The van der Waals surface area contributed by atoms with Gasteiger partial charge in [0.15, 0.2) is 6.29 Å². The van der Waals surface area contributed by atoms with Gasteiger partial charge in [-0.1, -0.05) is 104 Å². The first kappa shape index (κ1) is 26.2. The van der Waals surface area contributed by atoms with E-state index in [4.69, 9.17) is 0 Å². The van der Waals surface area contributed by atoms with Crippen LogP contribution in [0, 0.1) is 0 Å². The quantitative estimate of drug-likeness (QED) is 0.197. The fourth-order valence-electron chi connectivity index (χ4n) is 3.36. The molecule has 4 rings (SSSR count). The average molecular weight is 455 g/mol. The van der Waals surface area contributed by atoms with Gasteiger partial charge in [0.2, 0.25) is 0 Å². The van der Waals surface area contributed by atoms with Crippen molar-refractivity contribution in [2.45, 2.75) is 19.4 Å². The molecular weight excluding hydrogens is 424 g/mol. The molecule has 4 nitrogen and oxygen atoms in total. The van der Waals surface area contributed by atoms with E-state index in [9.17, 15) is 14.7 Å². The van der Waals surface area contributed by atoms with Crippen LogP contribution in [0.5, 0.6) is 0 Å². The number of carbonyl (C=O) groups excluding carboxylic acids is 2. The summed E-state index contributed by atoms with van der Waals surface area (Å²) in [7, 11) is 0. The van der Waals surface area contributed by atoms with E-state index in [1.807, 2.05) is 72.8 Å². The van der Waals surface area contributed by atoms with Crippen LogP contribution in [0.1, 0.15) is 35.4 Å². The summed E-state index contributed by atoms with van der Waals surface area (Å²) in [6, 6.07) is 27.7. The van der Waals surface area contributed by atoms with Crippen LogP contribution in [-0.4, -0.2) is 24.0 Å². The molecule has 0 aromatic heterocycles. The molecule has 34 heavy (non-hydrogen) atoms. The molecule has 4 aromatic carbocycles. The summed E-state index contributed by atoms with van der Waals surface area (Å²) >= 11 is 0. The molecule has 0 aliphatic rings. The number of hydrogen-bond donors (Lipinski definition) is 1. The third-order valence-electron chi connectivity index (χ3n) is 4.93. The summed E-state index contributed by atoms with van der Waals surface area (Å²) in [5.41, 5.74) is 1.74. The largest absolute Gasteiger partial charge is 0.462 e. The first-order valence-corrected chi connectivity index (χ1v) is 11.0. The summed E-state index contributed by atoms with van der Waals surface area (Å²) in [6.45, 7) is 8.68. The first-order chi connectivity index (χ1) is 16.5. The highest BCUT2D eigenvalue weighted by Gasteiger charge is 2.08. The number of aldehydes is 1. The van der Waals surface area contributed by atoms with Crippen molar-refractivity contribution in [2.24, 2.45) is 0 Å². The molecular formula is C30H30O4. The molecule has 174 valence electrons. The van der Waals surface area contributed by atoms with Gasteiger partial charge in [-0.15, -0.1) is 6.58 Å². The summed E-state index contributed by atoms with van der Waals surface area (Å²) in [5, 5.41) is 14.4. The second-order valence-electron chi connectivity index (χ2n) is 7.39. The molecule has 0 fully saturated rings. The monoisotopic (exact) mass is 454 g/mol. The van der Waals surface area contributed by atoms with Crippen molar-refractivity contribution in [3.8, 4) is 0 Å². The van der Waals surface area contributed by atoms with E-state index in [0.29, 0.717) is 13.0 Å². The first-order valence-electron chi connectivity index (χ1n) is 11.0. The van der Waals surface area contributed by atoms with Crippen molar-refractivity contribution in [1.82, 2.24) is 0 Å². The van der Waals surface area contributed by atoms with Gasteiger partial charge in [-0.2, -0.15) is 0 Å². The number of carbonyl (C=O) groups is 2. The molecule has 1 unspecified atom stereocenters. The van der Waals surface area contributed by atoms with Crippen LogP contribution in [-0.2, 0) is 9.53 Å². The Labute approximate surface area is 200 Å². The maximum atomic E-state index is 10.6. The summed E-state index contributed by atoms with van der Waals surface area (Å²) < 4.78 is 4.43. The lowest BCUT2D eigenvalue weighted by atomic mass is 9.99. The Morgan fingerprint density at radius 2 is 1.41 bits per heavy atom. The lowest BCUT2D eigenvalue weighted by Crippen LogP contribution is -1.96. The maximum Gasteiger partial charge on any atom is 0.302 e. The van der Waals surface area contributed by atoms with Gasteiger partial charge in [-0.25, -0.2) is 0 Å². The lowest BCUT2D eigenvalue weighted by Gasteiger charge is -2.11. The fourth-order valence-corrected chi connectivity index (χ4v) is 3.36. The predicted octanol–water partition coefficient (Wildman–Crippen LogP) is 6.84. The second kappa shape index (κ2) is 14.2. The highest BCUT2D eigenvalue weighted by molar-refractivity contribution is 5.97. The van der Waals surface area contributed by atoms with Crippen molar-refractivity contribution in [3.05, 3.63) is 121 Å². The lowest BCUT2D eigenvalue weighted by molar-refractivity contribution is -0.139. The zero-order valence-electron chi connectivity index (χ0n) is 19.4. The smallest absolute Gasteiger partial charge is 0.302 e. The van der Waals surface area contributed by atoms with Gasteiger partial charge in [-0.05, 0) is 33.5 Å². The van der Waals surface area contributed by atoms with Crippen molar-refractivity contribution in [3.63, 3.8) is 0 Å². The number of aliphatic hydroxyl groups excluding tert-OH is 1. The molecule has 0 heterocycles. The zero-order valence-corrected chi connectivity index (χ0v) is 19.4. The van der Waals surface area contributed by atoms with Crippen LogP contribution in [0.15, 0.2) is 110 Å². The van der Waals surface area contributed by atoms with Crippen molar-refractivity contribution >= 4 is 33.8 Å². The Morgan fingerprint density at radius 1 is 0.853 bits per heavy atom. The van der Waals surface area contributed by atoms with E-state index in [1.165, 1.54) is 13.0 Å². The summed E-state index contributed by atoms with van der Waals surface area (Å²) in [5.74, 6) is -0.264. The predicted molar refractivity (Wildman–Crippen MR) is 140 cm³/mol. The summed E-state index contributed by atoms with van der Waals surface area (Å²) in [4.78, 5) is 20.6. The van der Waals surface area contributed by atoms with E-state index in [0.717, 1.165) is 39.0 Å².